The third kappa shape index (κ3) is 1.65. The maximum absolute atomic E-state index is 11.1. The lowest BCUT2D eigenvalue weighted by Crippen LogP contribution is -2.20. The number of hydrogen-bond donors (Lipinski definition) is 3. The second-order valence-electron chi connectivity index (χ2n) is 2.27. The molecule has 70 valence electrons. The zero-order chi connectivity index (χ0) is 10.0. The summed E-state index contributed by atoms with van der Waals surface area (Å²) in [6, 6.07) is 0. The summed E-state index contributed by atoms with van der Waals surface area (Å²) >= 11 is 5.54. The van der Waals surface area contributed by atoms with Gasteiger partial charge in [0.15, 0.2) is 0 Å². The average Bonchev–Trinajstić information content (AvgIpc) is 2.13. The first-order chi connectivity index (χ1) is 6.07. The summed E-state index contributed by atoms with van der Waals surface area (Å²) in [7, 11) is 1.42. The minimum Gasteiger partial charge on any atom is -0.502 e. The SMILES string of the molecule is CNC(=O)c1c[nH]c(=O)c(O)c1Cl. The standard InChI is InChI=1S/C7H7ClN2O3/c1-9-6(12)3-2-10-7(13)5(11)4(3)8/h2,11H,1H3,(H,9,12)(H,10,13). The number of aromatic hydroxyl groups is 1. The van der Waals surface area contributed by atoms with E-state index in [9.17, 15) is 9.59 Å². The predicted octanol–water partition coefficient (Wildman–Crippen LogP) is 0.0935. The van der Waals surface area contributed by atoms with Gasteiger partial charge in [-0.05, 0) is 0 Å². The van der Waals surface area contributed by atoms with Gasteiger partial charge in [-0.15, -0.1) is 0 Å². The van der Waals surface area contributed by atoms with Gasteiger partial charge in [-0.1, -0.05) is 11.6 Å². The lowest BCUT2D eigenvalue weighted by Gasteiger charge is -2.02. The molecule has 0 aliphatic carbocycles. The number of hydrogen-bond acceptors (Lipinski definition) is 3. The second-order valence-corrected chi connectivity index (χ2v) is 2.65. The number of rotatable bonds is 1. The van der Waals surface area contributed by atoms with Crippen molar-refractivity contribution in [2.75, 3.05) is 7.05 Å². The third-order valence-corrected chi connectivity index (χ3v) is 1.86. The minimum absolute atomic E-state index is 0.0290. The second kappa shape index (κ2) is 3.49. The molecule has 1 amide bonds. The van der Waals surface area contributed by atoms with Crippen LogP contribution in [-0.4, -0.2) is 23.0 Å². The molecule has 0 spiro atoms. The predicted molar refractivity (Wildman–Crippen MR) is 47.1 cm³/mol. The highest BCUT2D eigenvalue weighted by atomic mass is 35.5. The van der Waals surface area contributed by atoms with E-state index < -0.39 is 17.2 Å². The van der Waals surface area contributed by atoms with Crippen LogP contribution in [-0.2, 0) is 0 Å². The zero-order valence-electron chi connectivity index (χ0n) is 6.72. The molecule has 1 aromatic heterocycles. The molecule has 1 heterocycles. The molecule has 0 aliphatic rings. The van der Waals surface area contributed by atoms with Crippen LogP contribution in [0.5, 0.6) is 5.75 Å². The van der Waals surface area contributed by atoms with E-state index in [1.54, 1.807) is 0 Å². The Bertz CT molecular complexity index is 399. The van der Waals surface area contributed by atoms with E-state index >= 15 is 0 Å². The van der Waals surface area contributed by atoms with E-state index in [0.717, 1.165) is 6.20 Å². The number of nitrogens with one attached hydrogen (secondary N) is 2. The Morgan fingerprint density at radius 1 is 1.69 bits per heavy atom. The molecule has 0 unspecified atom stereocenters. The molecule has 1 aromatic rings. The Morgan fingerprint density at radius 3 is 2.85 bits per heavy atom. The Morgan fingerprint density at radius 2 is 2.31 bits per heavy atom. The smallest absolute Gasteiger partial charge is 0.291 e. The van der Waals surface area contributed by atoms with Crippen molar-refractivity contribution in [1.82, 2.24) is 10.3 Å². The van der Waals surface area contributed by atoms with E-state index in [1.807, 2.05) is 0 Å². The number of halogens is 1. The van der Waals surface area contributed by atoms with Crippen molar-refractivity contribution in [2.24, 2.45) is 0 Å². The van der Waals surface area contributed by atoms with Crippen LogP contribution in [0.4, 0.5) is 0 Å². The average molecular weight is 203 g/mol. The van der Waals surface area contributed by atoms with E-state index in [0.29, 0.717) is 0 Å². The Kier molecular flexibility index (Phi) is 2.57. The highest BCUT2D eigenvalue weighted by Crippen LogP contribution is 2.21. The van der Waals surface area contributed by atoms with Crippen molar-refractivity contribution in [2.45, 2.75) is 0 Å². The van der Waals surface area contributed by atoms with Gasteiger partial charge in [0.2, 0.25) is 5.75 Å². The summed E-state index contributed by atoms with van der Waals surface area (Å²) in [5.74, 6) is -1.13. The lowest BCUT2D eigenvalue weighted by molar-refractivity contribution is 0.0962. The Hall–Kier alpha value is -1.49. The molecule has 0 saturated heterocycles. The maximum atomic E-state index is 11.1. The van der Waals surface area contributed by atoms with Gasteiger partial charge in [-0.3, -0.25) is 9.59 Å². The van der Waals surface area contributed by atoms with Crippen LogP contribution in [0, 0.1) is 0 Å². The fourth-order valence-corrected chi connectivity index (χ4v) is 1.02. The van der Waals surface area contributed by atoms with E-state index in [1.165, 1.54) is 7.05 Å². The number of pyridine rings is 1. The molecule has 0 bridgehead atoms. The number of carbonyl (C=O) groups excluding carboxylic acids is 1. The molecule has 0 saturated carbocycles. The normalized spacial score (nSPS) is 9.69. The van der Waals surface area contributed by atoms with Crippen molar-refractivity contribution in [3.05, 3.63) is 27.1 Å². The largest absolute Gasteiger partial charge is 0.502 e. The van der Waals surface area contributed by atoms with E-state index in [4.69, 9.17) is 16.7 Å². The summed E-state index contributed by atoms with van der Waals surface area (Å²) in [6.07, 6.45) is 1.14. The molecule has 1 rings (SSSR count). The molecular formula is C7H7ClN2O3. The summed E-state index contributed by atoms with van der Waals surface area (Å²) < 4.78 is 0. The molecule has 13 heavy (non-hydrogen) atoms. The molecular weight excluding hydrogens is 196 g/mol. The van der Waals surface area contributed by atoms with Gasteiger partial charge >= 0.3 is 0 Å². The Balaban J connectivity index is 3.34. The number of carbonyl (C=O) groups is 1. The van der Waals surface area contributed by atoms with Gasteiger partial charge in [0, 0.05) is 13.2 Å². The van der Waals surface area contributed by atoms with Crippen molar-refractivity contribution >= 4 is 17.5 Å². The van der Waals surface area contributed by atoms with Crippen LogP contribution in [0.3, 0.4) is 0 Å². The van der Waals surface area contributed by atoms with Crippen molar-refractivity contribution in [3.8, 4) is 5.75 Å². The van der Waals surface area contributed by atoms with Gasteiger partial charge in [-0.2, -0.15) is 0 Å². The first kappa shape index (κ1) is 9.60. The van der Waals surface area contributed by atoms with Crippen LogP contribution in [0.2, 0.25) is 5.02 Å². The number of amides is 1. The highest BCUT2D eigenvalue weighted by Gasteiger charge is 2.14. The molecule has 0 radical (unpaired) electrons. The molecule has 5 nitrogen and oxygen atoms in total. The van der Waals surface area contributed by atoms with Crippen molar-refractivity contribution in [1.29, 1.82) is 0 Å². The molecule has 0 aliphatic heterocycles. The maximum Gasteiger partial charge on any atom is 0.291 e. The van der Waals surface area contributed by atoms with Crippen molar-refractivity contribution < 1.29 is 9.90 Å². The molecule has 6 heteroatoms. The van der Waals surface area contributed by atoms with Gasteiger partial charge in [-0.25, -0.2) is 0 Å². The fourth-order valence-electron chi connectivity index (χ4n) is 0.797. The molecule has 0 atom stereocenters. The lowest BCUT2D eigenvalue weighted by atomic mass is 10.2. The molecule has 3 N–H and O–H groups in total. The van der Waals surface area contributed by atoms with E-state index in [-0.39, 0.29) is 10.6 Å². The fraction of sp³-hybridized carbons (Fsp3) is 0.143. The summed E-state index contributed by atoms with van der Waals surface area (Å²) in [6.45, 7) is 0. The molecule has 0 fully saturated rings. The van der Waals surface area contributed by atoms with Crippen LogP contribution in [0.1, 0.15) is 10.4 Å². The van der Waals surface area contributed by atoms with E-state index in [2.05, 4.69) is 10.3 Å². The quantitative estimate of drug-likeness (QED) is 0.604. The number of aromatic nitrogens is 1. The summed E-state index contributed by atoms with van der Waals surface area (Å²) in [5, 5.41) is 11.1. The minimum atomic E-state index is -0.724. The first-order valence-electron chi connectivity index (χ1n) is 3.40. The zero-order valence-corrected chi connectivity index (χ0v) is 7.47. The Labute approximate surface area is 78.4 Å². The van der Waals surface area contributed by atoms with Crippen molar-refractivity contribution in [3.63, 3.8) is 0 Å². The number of aromatic amines is 1. The van der Waals surface area contributed by atoms with Gasteiger partial charge in [0.05, 0.1) is 5.56 Å². The topological polar surface area (TPSA) is 82.2 Å². The highest BCUT2D eigenvalue weighted by molar-refractivity contribution is 6.35. The van der Waals surface area contributed by atoms with Crippen LogP contribution in [0.15, 0.2) is 11.0 Å². The van der Waals surface area contributed by atoms with Crippen LogP contribution in [0.25, 0.3) is 0 Å². The van der Waals surface area contributed by atoms with Gasteiger partial charge < -0.3 is 15.4 Å². The van der Waals surface area contributed by atoms with Gasteiger partial charge in [0.1, 0.15) is 5.02 Å². The third-order valence-electron chi connectivity index (χ3n) is 1.48. The van der Waals surface area contributed by atoms with Gasteiger partial charge in [0.25, 0.3) is 11.5 Å². The summed E-state index contributed by atoms with van der Waals surface area (Å²) in [5.41, 5.74) is -0.695. The molecule has 0 aromatic carbocycles. The van der Waals surface area contributed by atoms with Crippen LogP contribution < -0.4 is 10.9 Å². The monoisotopic (exact) mass is 202 g/mol. The first-order valence-corrected chi connectivity index (χ1v) is 3.78. The van der Waals surface area contributed by atoms with Crippen LogP contribution >= 0.6 is 11.6 Å². The summed E-state index contributed by atoms with van der Waals surface area (Å²) in [4.78, 5) is 24.0. The number of H-pyrrole nitrogens is 1.